The highest BCUT2D eigenvalue weighted by atomic mass is 16.5. The van der Waals surface area contributed by atoms with Gasteiger partial charge in [-0.1, -0.05) is 26.2 Å². The number of amides is 1. The monoisotopic (exact) mass is 264 g/mol. The van der Waals surface area contributed by atoms with Crippen molar-refractivity contribution in [3.05, 3.63) is 0 Å². The molecular formula is C15H24N2O2. The Hall–Kier alpha value is -1.08. The van der Waals surface area contributed by atoms with Crippen molar-refractivity contribution in [3.8, 4) is 6.07 Å². The van der Waals surface area contributed by atoms with Crippen LogP contribution in [0.25, 0.3) is 0 Å². The lowest BCUT2D eigenvalue weighted by Crippen LogP contribution is -2.46. The summed E-state index contributed by atoms with van der Waals surface area (Å²) in [4.78, 5) is 12.4. The molecule has 0 atom stereocenters. The smallest absolute Gasteiger partial charge is 0.240 e. The minimum Gasteiger partial charge on any atom is -0.381 e. The van der Waals surface area contributed by atoms with Gasteiger partial charge >= 0.3 is 0 Å². The number of nitriles is 1. The Bertz CT molecular complexity index is 361. The fraction of sp³-hybridized carbons (Fsp3) is 0.867. The number of ether oxygens (including phenoxy) is 1. The SMILES string of the molecule is CC1(CNC(=O)C2(C#N)CCCCC2)CCOCC1. The summed E-state index contributed by atoms with van der Waals surface area (Å²) in [7, 11) is 0. The molecule has 2 aliphatic rings. The Morgan fingerprint density at radius 3 is 2.42 bits per heavy atom. The Morgan fingerprint density at radius 2 is 1.84 bits per heavy atom. The maximum absolute atomic E-state index is 12.4. The first kappa shape index (κ1) is 14.3. The van der Waals surface area contributed by atoms with Crippen LogP contribution in [0.5, 0.6) is 0 Å². The van der Waals surface area contributed by atoms with Crippen molar-refractivity contribution in [2.24, 2.45) is 10.8 Å². The second-order valence-electron chi connectivity index (χ2n) is 6.36. The molecule has 0 unspecified atom stereocenters. The topological polar surface area (TPSA) is 62.1 Å². The molecule has 0 aromatic heterocycles. The molecule has 0 aromatic carbocycles. The highest BCUT2D eigenvalue weighted by Crippen LogP contribution is 2.36. The van der Waals surface area contributed by atoms with Gasteiger partial charge in [0.25, 0.3) is 0 Å². The fourth-order valence-electron chi connectivity index (χ4n) is 3.05. The Labute approximate surface area is 115 Å². The maximum Gasteiger partial charge on any atom is 0.240 e. The number of nitrogens with zero attached hydrogens (tertiary/aromatic N) is 1. The molecule has 0 spiro atoms. The summed E-state index contributed by atoms with van der Waals surface area (Å²) >= 11 is 0. The Morgan fingerprint density at radius 1 is 1.21 bits per heavy atom. The summed E-state index contributed by atoms with van der Waals surface area (Å²) < 4.78 is 5.36. The molecule has 0 aromatic rings. The first-order chi connectivity index (χ1) is 9.10. The predicted molar refractivity (Wildman–Crippen MR) is 72.3 cm³/mol. The zero-order valence-corrected chi connectivity index (χ0v) is 11.8. The van der Waals surface area contributed by atoms with E-state index in [0.29, 0.717) is 6.54 Å². The highest BCUT2D eigenvalue weighted by molar-refractivity contribution is 5.85. The van der Waals surface area contributed by atoms with E-state index in [4.69, 9.17) is 4.74 Å². The molecule has 1 heterocycles. The lowest BCUT2D eigenvalue weighted by Gasteiger charge is -2.35. The summed E-state index contributed by atoms with van der Waals surface area (Å²) in [5, 5.41) is 12.4. The standard InChI is InChI=1S/C15H24N2O2/c1-14(7-9-19-10-8-14)12-17-13(18)15(11-16)5-3-2-4-6-15/h2-10,12H2,1H3,(H,17,18). The number of carbonyl (C=O) groups excluding carboxylic acids is 1. The molecule has 2 fully saturated rings. The van der Waals surface area contributed by atoms with Crippen molar-refractivity contribution < 1.29 is 9.53 Å². The second-order valence-corrected chi connectivity index (χ2v) is 6.36. The maximum atomic E-state index is 12.4. The van der Waals surface area contributed by atoms with Gasteiger partial charge in [-0.25, -0.2) is 0 Å². The minimum absolute atomic E-state index is 0.0533. The molecule has 19 heavy (non-hydrogen) atoms. The van der Waals surface area contributed by atoms with Crippen LogP contribution in [0.2, 0.25) is 0 Å². The van der Waals surface area contributed by atoms with Crippen molar-refractivity contribution >= 4 is 5.91 Å². The molecule has 1 saturated carbocycles. The van der Waals surface area contributed by atoms with Gasteiger partial charge in [-0.3, -0.25) is 4.79 Å². The molecule has 1 aliphatic carbocycles. The summed E-state index contributed by atoms with van der Waals surface area (Å²) in [6.07, 6.45) is 6.52. The lowest BCUT2D eigenvalue weighted by molar-refractivity contribution is -0.130. The van der Waals surface area contributed by atoms with Crippen LogP contribution in [0.3, 0.4) is 0 Å². The van der Waals surface area contributed by atoms with Crippen molar-refractivity contribution in [3.63, 3.8) is 0 Å². The average molecular weight is 264 g/mol. The molecule has 4 nitrogen and oxygen atoms in total. The van der Waals surface area contributed by atoms with E-state index in [1.54, 1.807) is 0 Å². The highest BCUT2D eigenvalue weighted by Gasteiger charge is 2.40. The van der Waals surface area contributed by atoms with Gasteiger partial charge < -0.3 is 10.1 Å². The molecule has 1 aliphatic heterocycles. The van der Waals surface area contributed by atoms with E-state index in [-0.39, 0.29) is 11.3 Å². The summed E-state index contributed by atoms with van der Waals surface area (Å²) in [6, 6.07) is 2.28. The van der Waals surface area contributed by atoms with Crippen molar-refractivity contribution in [2.75, 3.05) is 19.8 Å². The van der Waals surface area contributed by atoms with Gasteiger partial charge in [0.15, 0.2) is 0 Å². The van der Waals surface area contributed by atoms with Gasteiger partial charge in [-0.2, -0.15) is 5.26 Å². The largest absolute Gasteiger partial charge is 0.381 e. The second kappa shape index (κ2) is 5.92. The molecule has 1 saturated heterocycles. The molecule has 4 heteroatoms. The number of carbonyl (C=O) groups is 1. The first-order valence-electron chi connectivity index (χ1n) is 7.38. The molecule has 106 valence electrons. The third-order valence-electron chi connectivity index (χ3n) is 4.73. The van der Waals surface area contributed by atoms with Crippen LogP contribution in [0.1, 0.15) is 51.9 Å². The van der Waals surface area contributed by atoms with Crippen molar-refractivity contribution in [2.45, 2.75) is 51.9 Å². The molecular weight excluding hydrogens is 240 g/mol. The van der Waals surface area contributed by atoms with Crippen molar-refractivity contribution in [1.29, 1.82) is 5.26 Å². The van der Waals surface area contributed by atoms with Gasteiger partial charge in [-0.05, 0) is 31.1 Å². The van der Waals surface area contributed by atoms with E-state index in [9.17, 15) is 10.1 Å². The minimum atomic E-state index is -0.764. The molecule has 1 N–H and O–H groups in total. The Balaban J connectivity index is 1.91. The number of hydrogen-bond donors (Lipinski definition) is 1. The van der Waals surface area contributed by atoms with Gasteiger partial charge in [0.05, 0.1) is 6.07 Å². The first-order valence-corrected chi connectivity index (χ1v) is 7.38. The summed E-state index contributed by atoms with van der Waals surface area (Å²) in [5.41, 5.74) is -0.640. The summed E-state index contributed by atoms with van der Waals surface area (Å²) in [5.74, 6) is -0.0533. The van der Waals surface area contributed by atoms with Gasteiger partial charge in [-0.15, -0.1) is 0 Å². The number of nitrogens with one attached hydrogen (secondary N) is 1. The molecule has 2 rings (SSSR count). The van der Waals surface area contributed by atoms with Gasteiger partial charge in [0.1, 0.15) is 5.41 Å². The molecule has 0 bridgehead atoms. The third kappa shape index (κ3) is 3.27. The van der Waals surface area contributed by atoms with Crippen LogP contribution in [0.15, 0.2) is 0 Å². The zero-order valence-electron chi connectivity index (χ0n) is 11.8. The number of hydrogen-bond acceptors (Lipinski definition) is 3. The average Bonchev–Trinajstić information content (AvgIpc) is 2.46. The van der Waals surface area contributed by atoms with E-state index in [2.05, 4.69) is 18.3 Å². The van der Waals surface area contributed by atoms with Crippen LogP contribution >= 0.6 is 0 Å². The van der Waals surface area contributed by atoms with Gasteiger partial charge in [0, 0.05) is 19.8 Å². The van der Waals surface area contributed by atoms with Crippen LogP contribution in [-0.4, -0.2) is 25.7 Å². The third-order valence-corrected chi connectivity index (χ3v) is 4.73. The van der Waals surface area contributed by atoms with Crippen LogP contribution in [-0.2, 0) is 9.53 Å². The zero-order chi connectivity index (χ0) is 13.8. The van der Waals surface area contributed by atoms with E-state index in [1.165, 1.54) is 0 Å². The van der Waals surface area contributed by atoms with E-state index < -0.39 is 5.41 Å². The van der Waals surface area contributed by atoms with E-state index in [1.807, 2.05) is 0 Å². The quantitative estimate of drug-likeness (QED) is 0.851. The Kier molecular flexibility index (Phi) is 4.46. The lowest BCUT2D eigenvalue weighted by atomic mass is 9.74. The molecule has 0 radical (unpaired) electrons. The van der Waals surface area contributed by atoms with Gasteiger partial charge in [0.2, 0.25) is 5.91 Å². The summed E-state index contributed by atoms with van der Waals surface area (Å²) in [6.45, 7) is 4.40. The van der Waals surface area contributed by atoms with E-state index >= 15 is 0 Å². The van der Waals surface area contributed by atoms with Crippen LogP contribution in [0.4, 0.5) is 0 Å². The predicted octanol–water partition coefficient (Wildman–Crippen LogP) is 2.39. The van der Waals surface area contributed by atoms with Crippen molar-refractivity contribution in [1.82, 2.24) is 5.32 Å². The number of rotatable bonds is 3. The van der Waals surface area contributed by atoms with Crippen LogP contribution in [0, 0.1) is 22.2 Å². The van der Waals surface area contributed by atoms with Crippen LogP contribution < -0.4 is 5.32 Å². The fourth-order valence-corrected chi connectivity index (χ4v) is 3.05. The van der Waals surface area contributed by atoms with E-state index in [0.717, 1.165) is 58.2 Å². The molecule has 1 amide bonds. The normalized spacial score (nSPS) is 25.3.